The van der Waals surface area contributed by atoms with Crippen molar-refractivity contribution in [2.45, 2.75) is 57.9 Å². The maximum absolute atomic E-state index is 9.56. The predicted molar refractivity (Wildman–Crippen MR) is 83.7 cm³/mol. The van der Waals surface area contributed by atoms with E-state index in [1.165, 1.54) is 36.8 Å². The Labute approximate surface area is 123 Å². The van der Waals surface area contributed by atoms with E-state index < -0.39 is 0 Å². The second-order valence-electron chi connectivity index (χ2n) is 5.95. The molecular formula is C18H26N2. The fraction of sp³-hybridized carbons (Fsp3) is 0.611. The normalized spacial score (nSPS) is 19.2. The van der Waals surface area contributed by atoms with Crippen molar-refractivity contribution in [3.63, 3.8) is 0 Å². The van der Waals surface area contributed by atoms with Gasteiger partial charge in [-0.2, -0.15) is 5.26 Å². The van der Waals surface area contributed by atoms with Gasteiger partial charge < -0.3 is 0 Å². The van der Waals surface area contributed by atoms with E-state index in [1.54, 1.807) is 0 Å². The molecular weight excluding hydrogens is 244 g/mol. The molecule has 0 amide bonds. The van der Waals surface area contributed by atoms with E-state index in [0.29, 0.717) is 0 Å². The van der Waals surface area contributed by atoms with Crippen LogP contribution >= 0.6 is 0 Å². The van der Waals surface area contributed by atoms with Crippen molar-refractivity contribution in [3.8, 4) is 6.07 Å². The van der Waals surface area contributed by atoms with Crippen LogP contribution in [0, 0.1) is 11.3 Å². The standard InChI is InChI=1S/C18H26N2/c1-3-7-16-8-10-17(11-9-16)15(2)18(14-19)20-12-5-4-6-13-20/h8-11,15,18H,3-7,12-13H2,1-2H3. The van der Waals surface area contributed by atoms with Crippen LogP contribution in [0.5, 0.6) is 0 Å². The second kappa shape index (κ2) is 7.45. The summed E-state index contributed by atoms with van der Waals surface area (Å²) in [4.78, 5) is 2.37. The van der Waals surface area contributed by atoms with E-state index in [4.69, 9.17) is 0 Å². The van der Waals surface area contributed by atoms with Crippen molar-refractivity contribution in [1.82, 2.24) is 4.90 Å². The highest BCUT2D eigenvalue weighted by Gasteiger charge is 2.26. The molecule has 1 fully saturated rings. The van der Waals surface area contributed by atoms with E-state index in [-0.39, 0.29) is 12.0 Å². The fourth-order valence-electron chi connectivity index (χ4n) is 3.17. The van der Waals surface area contributed by atoms with E-state index in [9.17, 15) is 5.26 Å². The van der Waals surface area contributed by atoms with Gasteiger partial charge in [-0.15, -0.1) is 0 Å². The molecule has 1 heterocycles. The SMILES string of the molecule is CCCc1ccc(C(C)C(C#N)N2CCCCC2)cc1. The van der Waals surface area contributed by atoms with E-state index in [2.05, 4.69) is 49.1 Å². The van der Waals surface area contributed by atoms with Gasteiger partial charge in [-0.3, -0.25) is 4.90 Å². The lowest BCUT2D eigenvalue weighted by molar-refractivity contribution is 0.179. The lowest BCUT2D eigenvalue weighted by Crippen LogP contribution is -2.41. The number of piperidine rings is 1. The van der Waals surface area contributed by atoms with Gasteiger partial charge in [-0.05, 0) is 43.5 Å². The molecule has 2 unspecified atom stereocenters. The molecule has 0 bridgehead atoms. The number of nitrogens with zero attached hydrogens (tertiary/aromatic N) is 2. The minimum Gasteiger partial charge on any atom is -0.288 e. The first-order valence-corrected chi connectivity index (χ1v) is 7.98. The molecule has 2 atom stereocenters. The summed E-state index contributed by atoms with van der Waals surface area (Å²) < 4.78 is 0. The number of rotatable bonds is 5. The van der Waals surface area contributed by atoms with Crippen LogP contribution in [0.1, 0.15) is 56.6 Å². The van der Waals surface area contributed by atoms with Crippen molar-refractivity contribution in [2.75, 3.05) is 13.1 Å². The molecule has 1 aliphatic heterocycles. The third kappa shape index (κ3) is 3.61. The molecule has 0 spiro atoms. The Morgan fingerprint density at radius 1 is 1.15 bits per heavy atom. The first kappa shape index (κ1) is 15.1. The summed E-state index contributed by atoms with van der Waals surface area (Å²) in [7, 11) is 0. The van der Waals surface area contributed by atoms with Gasteiger partial charge in [0, 0.05) is 5.92 Å². The molecule has 1 saturated heterocycles. The minimum atomic E-state index is 0.0207. The zero-order valence-corrected chi connectivity index (χ0v) is 12.8. The number of aryl methyl sites for hydroxylation is 1. The average Bonchev–Trinajstić information content (AvgIpc) is 2.50. The minimum absolute atomic E-state index is 0.0207. The Kier molecular flexibility index (Phi) is 5.61. The van der Waals surface area contributed by atoms with E-state index in [0.717, 1.165) is 19.5 Å². The number of likely N-dealkylation sites (tertiary alicyclic amines) is 1. The van der Waals surface area contributed by atoms with Gasteiger partial charge >= 0.3 is 0 Å². The second-order valence-corrected chi connectivity index (χ2v) is 5.95. The van der Waals surface area contributed by atoms with Crippen molar-refractivity contribution < 1.29 is 0 Å². The van der Waals surface area contributed by atoms with Crippen LogP contribution in [0.2, 0.25) is 0 Å². The zero-order valence-electron chi connectivity index (χ0n) is 12.8. The maximum Gasteiger partial charge on any atom is 0.104 e. The Bertz CT molecular complexity index is 437. The van der Waals surface area contributed by atoms with Crippen molar-refractivity contribution in [1.29, 1.82) is 5.26 Å². The lowest BCUT2D eigenvalue weighted by Gasteiger charge is -2.34. The van der Waals surface area contributed by atoms with Crippen molar-refractivity contribution in [3.05, 3.63) is 35.4 Å². The summed E-state index contributed by atoms with van der Waals surface area (Å²) in [5, 5.41) is 9.56. The molecule has 2 nitrogen and oxygen atoms in total. The molecule has 0 saturated carbocycles. The van der Waals surface area contributed by atoms with Gasteiger partial charge in [0.05, 0.1) is 6.07 Å². The molecule has 2 heteroatoms. The number of hydrogen-bond acceptors (Lipinski definition) is 2. The Balaban J connectivity index is 2.07. The van der Waals surface area contributed by atoms with Crippen LogP contribution in [-0.2, 0) is 6.42 Å². The zero-order chi connectivity index (χ0) is 14.4. The number of nitriles is 1. The highest BCUT2D eigenvalue weighted by molar-refractivity contribution is 5.27. The molecule has 108 valence electrons. The number of benzene rings is 1. The first-order valence-electron chi connectivity index (χ1n) is 7.98. The topological polar surface area (TPSA) is 27.0 Å². The van der Waals surface area contributed by atoms with E-state index in [1.807, 2.05) is 0 Å². The first-order chi connectivity index (χ1) is 9.76. The van der Waals surface area contributed by atoms with Gasteiger partial charge in [-0.1, -0.05) is 51.0 Å². The largest absolute Gasteiger partial charge is 0.288 e. The number of hydrogen-bond donors (Lipinski definition) is 0. The molecule has 1 aromatic rings. The highest BCUT2D eigenvalue weighted by atomic mass is 15.2. The molecule has 2 rings (SSSR count). The van der Waals surface area contributed by atoms with Gasteiger partial charge in [0.1, 0.15) is 6.04 Å². The predicted octanol–water partition coefficient (Wildman–Crippen LogP) is 4.12. The summed E-state index contributed by atoms with van der Waals surface area (Å²) in [5.41, 5.74) is 2.69. The van der Waals surface area contributed by atoms with Crippen molar-refractivity contribution >= 4 is 0 Å². The molecule has 0 aromatic heterocycles. The summed E-state index contributed by atoms with van der Waals surface area (Å²) >= 11 is 0. The molecule has 20 heavy (non-hydrogen) atoms. The van der Waals surface area contributed by atoms with Crippen LogP contribution in [0.15, 0.2) is 24.3 Å². The third-order valence-corrected chi connectivity index (χ3v) is 4.43. The fourth-order valence-corrected chi connectivity index (χ4v) is 3.17. The van der Waals surface area contributed by atoms with Crippen LogP contribution < -0.4 is 0 Å². The maximum atomic E-state index is 9.56. The van der Waals surface area contributed by atoms with Crippen LogP contribution in [0.4, 0.5) is 0 Å². The molecule has 1 aromatic carbocycles. The van der Waals surface area contributed by atoms with Crippen LogP contribution in [0.3, 0.4) is 0 Å². The Morgan fingerprint density at radius 2 is 1.80 bits per heavy atom. The molecule has 0 radical (unpaired) electrons. The summed E-state index contributed by atoms with van der Waals surface area (Å²) in [6.07, 6.45) is 6.11. The smallest absolute Gasteiger partial charge is 0.104 e. The Morgan fingerprint density at radius 3 is 2.35 bits per heavy atom. The van der Waals surface area contributed by atoms with Gasteiger partial charge in [-0.25, -0.2) is 0 Å². The highest BCUT2D eigenvalue weighted by Crippen LogP contribution is 2.25. The van der Waals surface area contributed by atoms with Crippen molar-refractivity contribution in [2.24, 2.45) is 0 Å². The van der Waals surface area contributed by atoms with Gasteiger partial charge in [0.2, 0.25) is 0 Å². The van der Waals surface area contributed by atoms with Crippen LogP contribution in [0.25, 0.3) is 0 Å². The average molecular weight is 270 g/mol. The molecule has 0 aliphatic carbocycles. The summed E-state index contributed by atoms with van der Waals surface area (Å²) in [6.45, 7) is 6.56. The third-order valence-electron chi connectivity index (χ3n) is 4.43. The van der Waals surface area contributed by atoms with Gasteiger partial charge in [0.25, 0.3) is 0 Å². The Hall–Kier alpha value is -1.33. The monoisotopic (exact) mass is 270 g/mol. The van der Waals surface area contributed by atoms with E-state index >= 15 is 0 Å². The van der Waals surface area contributed by atoms with Gasteiger partial charge in [0.15, 0.2) is 0 Å². The lowest BCUT2D eigenvalue weighted by atomic mass is 9.91. The summed E-state index contributed by atoms with van der Waals surface area (Å²) in [5.74, 6) is 0.286. The van der Waals surface area contributed by atoms with Crippen LogP contribution in [-0.4, -0.2) is 24.0 Å². The molecule has 0 N–H and O–H groups in total. The quantitative estimate of drug-likeness (QED) is 0.804. The summed E-state index contributed by atoms with van der Waals surface area (Å²) in [6, 6.07) is 11.4. The molecule has 1 aliphatic rings.